The lowest BCUT2D eigenvalue weighted by molar-refractivity contribution is -0.133. The molecule has 2 heterocycles. The molecule has 1 saturated carbocycles. The van der Waals surface area contributed by atoms with E-state index in [9.17, 15) is 14.4 Å². The summed E-state index contributed by atoms with van der Waals surface area (Å²) in [4.78, 5) is 46.8. The van der Waals surface area contributed by atoms with Crippen molar-refractivity contribution in [2.45, 2.75) is 38.5 Å². The van der Waals surface area contributed by atoms with Gasteiger partial charge >= 0.3 is 5.97 Å². The van der Waals surface area contributed by atoms with E-state index in [2.05, 4.69) is 9.97 Å². The van der Waals surface area contributed by atoms with Crippen LogP contribution < -0.4 is 0 Å². The number of rotatable bonds is 4. The molecule has 0 bridgehead atoms. The van der Waals surface area contributed by atoms with E-state index < -0.39 is 5.97 Å². The van der Waals surface area contributed by atoms with Crippen molar-refractivity contribution in [1.29, 1.82) is 0 Å². The van der Waals surface area contributed by atoms with Crippen LogP contribution in [0, 0.1) is 5.92 Å². The fraction of sp³-hybridized carbons (Fsp3) is 0.611. The first-order valence-corrected chi connectivity index (χ1v) is 9.17. The van der Waals surface area contributed by atoms with E-state index in [4.69, 9.17) is 5.11 Å². The molecule has 8 heteroatoms. The minimum absolute atomic E-state index is 0.122. The van der Waals surface area contributed by atoms with Crippen LogP contribution >= 0.6 is 0 Å². The predicted molar refractivity (Wildman–Crippen MR) is 92.7 cm³/mol. The Bertz CT molecular complexity index is 662. The summed E-state index contributed by atoms with van der Waals surface area (Å²) in [6.07, 6.45) is 8.91. The lowest BCUT2D eigenvalue weighted by Crippen LogP contribution is -2.51. The summed E-state index contributed by atoms with van der Waals surface area (Å²) in [5.41, 5.74) is -0.0725. The number of carboxylic acids is 1. The van der Waals surface area contributed by atoms with Crippen LogP contribution in [0.25, 0.3) is 0 Å². The molecule has 1 aliphatic heterocycles. The molecule has 2 aliphatic rings. The summed E-state index contributed by atoms with van der Waals surface area (Å²) >= 11 is 0. The molecule has 0 aromatic carbocycles. The largest absolute Gasteiger partial charge is 0.476 e. The van der Waals surface area contributed by atoms with Crippen molar-refractivity contribution < 1.29 is 19.5 Å². The Morgan fingerprint density at radius 3 is 2.08 bits per heavy atom. The van der Waals surface area contributed by atoms with Gasteiger partial charge in [-0.05, 0) is 18.8 Å². The molecule has 1 aromatic heterocycles. The normalized spacial score (nSPS) is 18.6. The van der Waals surface area contributed by atoms with E-state index in [0.29, 0.717) is 38.5 Å². The van der Waals surface area contributed by atoms with E-state index in [0.717, 1.165) is 19.0 Å². The van der Waals surface area contributed by atoms with Gasteiger partial charge in [-0.1, -0.05) is 19.3 Å². The SMILES string of the molecule is O=C(O)c1cnc(C(=O)N2CCN(C(=O)CC3CCCCC3)CC2)cn1. The van der Waals surface area contributed by atoms with Crippen molar-refractivity contribution in [3.05, 3.63) is 23.8 Å². The number of piperazine rings is 1. The topological polar surface area (TPSA) is 104 Å². The minimum Gasteiger partial charge on any atom is -0.476 e. The van der Waals surface area contributed by atoms with Gasteiger partial charge in [0.25, 0.3) is 5.91 Å². The third-order valence-corrected chi connectivity index (χ3v) is 5.20. The van der Waals surface area contributed by atoms with Gasteiger partial charge in [0.1, 0.15) is 5.69 Å². The molecule has 1 N–H and O–H groups in total. The van der Waals surface area contributed by atoms with Crippen molar-refractivity contribution >= 4 is 17.8 Å². The molecule has 3 rings (SSSR count). The van der Waals surface area contributed by atoms with Gasteiger partial charge in [0, 0.05) is 32.6 Å². The van der Waals surface area contributed by atoms with Crippen molar-refractivity contribution in [3.8, 4) is 0 Å². The van der Waals surface area contributed by atoms with Gasteiger partial charge in [-0.2, -0.15) is 0 Å². The Morgan fingerprint density at radius 2 is 1.50 bits per heavy atom. The van der Waals surface area contributed by atoms with Gasteiger partial charge in [-0.15, -0.1) is 0 Å². The number of amides is 2. The zero-order valence-electron chi connectivity index (χ0n) is 14.8. The Hall–Kier alpha value is -2.51. The highest BCUT2D eigenvalue weighted by molar-refractivity contribution is 5.93. The van der Waals surface area contributed by atoms with Gasteiger partial charge in [-0.3, -0.25) is 9.59 Å². The molecule has 1 aliphatic carbocycles. The summed E-state index contributed by atoms with van der Waals surface area (Å²) in [6, 6.07) is 0. The molecule has 1 saturated heterocycles. The second-order valence-corrected chi connectivity index (χ2v) is 6.97. The van der Waals surface area contributed by atoms with Crippen molar-refractivity contribution in [2.24, 2.45) is 5.92 Å². The first-order valence-electron chi connectivity index (χ1n) is 9.17. The molecule has 1 aromatic rings. The van der Waals surface area contributed by atoms with Crippen LogP contribution in [0.2, 0.25) is 0 Å². The third-order valence-electron chi connectivity index (χ3n) is 5.20. The van der Waals surface area contributed by atoms with Gasteiger partial charge in [0.05, 0.1) is 12.4 Å². The maximum absolute atomic E-state index is 12.5. The Kier molecular flexibility index (Phi) is 5.80. The van der Waals surface area contributed by atoms with Crippen LogP contribution in [0.15, 0.2) is 12.4 Å². The summed E-state index contributed by atoms with van der Waals surface area (Å²) in [5, 5.41) is 8.83. The Balaban J connectivity index is 1.50. The maximum Gasteiger partial charge on any atom is 0.356 e. The van der Waals surface area contributed by atoms with Gasteiger partial charge in [0.15, 0.2) is 5.69 Å². The highest BCUT2D eigenvalue weighted by Gasteiger charge is 2.27. The number of nitrogens with zero attached hydrogens (tertiary/aromatic N) is 4. The average molecular weight is 360 g/mol. The highest BCUT2D eigenvalue weighted by atomic mass is 16.4. The molecular formula is C18H24N4O4. The number of hydrogen-bond acceptors (Lipinski definition) is 5. The third kappa shape index (κ3) is 4.36. The van der Waals surface area contributed by atoms with Crippen LogP contribution in [0.4, 0.5) is 0 Å². The maximum atomic E-state index is 12.5. The number of aromatic carboxylic acids is 1. The van der Waals surface area contributed by atoms with Gasteiger partial charge < -0.3 is 14.9 Å². The highest BCUT2D eigenvalue weighted by Crippen LogP contribution is 2.27. The molecule has 0 atom stereocenters. The fourth-order valence-electron chi connectivity index (χ4n) is 3.64. The zero-order chi connectivity index (χ0) is 18.5. The van der Waals surface area contributed by atoms with Crippen LogP contribution in [0.5, 0.6) is 0 Å². The average Bonchev–Trinajstić information content (AvgIpc) is 2.68. The second kappa shape index (κ2) is 8.25. The Labute approximate surface area is 152 Å². The quantitative estimate of drug-likeness (QED) is 0.871. The molecule has 8 nitrogen and oxygen atoms in total. The lowest BCUT2D eigenvalue weighted by atomic mass is 9.86. The van der Waals surface area contributed by atoms with Crippen LogP contribution in [0.3, 0.4) is 0 Å². The molecule has 140 valence electrons. The van der Waals surface area contributed by atoms with Crippen molar-refractivity contribution in [1.82, 2.24) is 19.8 Å². The van der Waals surface area contributed by atoms with Crippen LogP contribution in [-0.2, 0) is 4.79 Å². The zero-order valence-corrected chi connectivity index (χ0v) is 14.8. The minimum atomic E-state index is -1.18. The summed E-state index contributed by atoms with van der Waals surface area (Å²) in [5.74, 6) is -0.760. The molecule has 2 fully saturated rings. The van der Waals surface area contributed by atoms with E-state index in [-0.39, 0.29) is 23.2 Å². The number of aromatic nitrogens is 2. The number of hydrogen-bond donors (Lipinski definition) is 1. The monoisotopic (exact) mass is 360 g/mol. The first-order chi connectivity index (χ1) is 12.5. The lowest BCUT2D eigenvalue weighted by Gasteiger charge is -2.35. The summed E-state index contributed by atoms with van der Waals surface area (Å²) in [7, 11) is 0. The number of carboxylic acid groups (broad SMARTS) is 1. The smallest absolute Gasteiger partial charge is 0.356 e. The number of carbonyl (C=O) groups excluding carboxylic acids is 2. The Morgan fingerprint density at radius 1 is 0.923 bits per heavy atom. The van der Waals surface area contributed by atoms with Crippen LogP contribution in [0.1, 0.15) is 59.5 Å². The van der Waals surface area contributed by atoms with E-state index in [1.54, 1.807) is 4.90 Å². The molecule has 0 radical (unpaired) electrons. The van der Waals surface area contributed by atoms with E-state index in [1.807, 2.05) is 4.90 Å². The molecule has 0 spiro atoms. The van der Waals surface area contributed by atoms with E-state index >= 15 is 0 Å². The van der Waals surface area contributed by atoms with Gasteiger partial charge in [0.2, 0.25) is 5.91 Å². The second-order valence-electron chi connectivity index (χ2n) is 6.97. The van der Waals surface area contributed by atoms with Crippen molar-refractivity contribution in [2.75, 3.05) is 26.2 Å². The molecular weight excluding hydrogens is 336 g/mol. The first kappa shape index (κ1) is 18.3. The van der Waals surface area contributed by atoms with Crippen LogP contribution in [-0.4, -0.2) is 68.8 Å². The summed E-state index contributed by atoms with van der Waals surface area (Å²) in [6.45, 7) is 1.96. The molecule has 0 unspecified atom stereocenters. The fourth-order valence-corrected chi connectivity index (χ4v) is 3.64. The standard InChI is InChI=1S/C18H24N4O4/c23-16(10-13-4-2-1-3-5-13)21-6-8-22(9-7-21)17(24)14-11-20-15(12-19-14)18(25)26/h11-13H,1-10H2,(H,25,26). The molecule has 2 amide bonds. The van der Waals surface area contributed by atoms with Gasteiger partial charge in [-0.25, -0.2) is 14.8 Å². The van der Waals surface area contributed by atoms with E-state index in [1.165, 1.54) is 25.5 Å². The molecule has 26 heavy (non-hydrogen) atoms. The van der Waals surface area contributed by atoms with Crippen molar-refractivity contribution in [3.63, 3.8) is 0 Å². The number of carbonyl (C=O) groups is 3. The summed E-state index contributed by atoms with van der Waals surface area (Å²) < 4.78 is 0. The predicted octanol–water partition coefficient (Wildman–Crippen LogP) is 1.43.